The minimum atomic E-state index is -4.36. The van der Waals surface area contributed by atoms with Crippen LogP contribution < -0.4 is 18.9 Å². The highest BCUT2D eigenvalue weighted by atomic mass is 19.4. The molecule has 0 spiro atoms. The third-order valence-electron chi connectivity index (χ3n) is 14.1. The van der Waals surface area contributed by atoms with Crippen LogP contribution in [0.1, 0.15) is 151 Å². The highest BCUT2D eigenvalue weighted by Crippen LogP contribution is 2.31. The fraction of sp³-hybridized carbons (Fsp3) is 0.453. The van der Waals surface area contributed by atoms with Crippen molar-refractivity contribution in [2.75, 3.05) is 14.2 Å². The van der Waals surface area contributed by atoms with E-state index in [9.17, 15) is 52.5 Å². The molecule has 0 heterocycles. The smallest absolute Gasteiger partial charge is 0.416 e. The molecule has 4 aromatic carbocycles. The van der Waals surface area contributed by atoms with E-state index in [1.165, 1.54) is 75.2 Å². The van der Waals surface area contributed by atoms with Gasteiger partial charge in [0, 0.05) is 12.8 Å². The Morgan fingerprint density at radius 2 is 0.889 bits per heavy atom. The van der Waals surface area contributed by atoms with E-state index in [4.69, 9.17) is 18.9 Å². The summed E-state index contributed by atoms with van der Waals surface area (Å²) in [5.41, 5.74) is 5.68. The van der Waals surface area contributed by atoms with Crippen LogP contribution in [0.25, 0.3) is 0 Å². The lowest BCUT2D eigenvalue weighted by atomic mass is 9.95. The molecule has 3 aliphatic carbocycles. The number of allylic oxidation sites excluding steroid dienone is 6. The summed E-state index contributed by atoms with van der Waals surface area (Å²) in [5, 5.41) is 28.3. The van der Waals surface area contributed by atoms with Gasteiger partial charge in [-0.3, -0.25) is 9.59 Å². The minimum Gasteiger partial charge on any atom is -0.489 e. The highest BCUT2D eigenvalue weighted by molar-refractivity contribution is 5.74. The van der Waals surface area contributed by atoms with Gasteiger partial charge in [0.25, 0.3) is 0 Å². The molecule has 0 saturated carbocycles. The summed E-state index contributed by atoms with van der Waals surface area (Å²) in [4.78, 5) is 57.1. The number of aliphatic carboxylic acids is 3. The van der Waals surface area contributed by atoms with Crippen molar-refractivity contribution in [3.8, 4) is 23.0 Å². The van der Waals surface area contributed by atoms with Gasteiger partial charge in [-0.05, 0) is 200 Å². The molecule has 438 valence electrons. The first-order valence-corrected chi connectivity index (χ1v) is 27.9. The molecule has 0 saturated heterocycles. The Balaban J connectivity index is 0.000000225. The van der Waals surface area contributed by atoms with Gasteiger partial charge >= 0.3 is 36.0 Å². The molecule has 0 aliphatic heterocycles. The molecule has 3 unspecified atom stereocenters. The highest BCUT2D eigenvalue weighted by Gasteiger charge is 2.30. The molecule has 0 bridgehead atoms. The van der Waals surface area contributed by atoms with E-state index in [0.29, 0.717) is 73.5 Å². The van der Waals surface area contributed by atoms with Crippen LogP contribution in [0, 0.1) is 0 Å². The Morgan fingerprint density at radius 3 is 1.31 bits per heavy atom. The number of halogens is 3. The number of para-hydroxylation sites is 1. The number of benzene rings is 4. The van der Waals surface area contributed by atoms with Gasteiger partial charge in [-0.25, -0.2) is 14.4 Å². The molecule has 3 N–H and O–H groups in total. The van der Waals surface area contributed by atoms with Gasteiger partial charge in [-0.15, -0.1) is 0 Å². The predicted octanol–water partition coefficient (Wildman–Crippen LogP) is 14.2. The first-order valence-electron chi connectivity index (χ1n) is 27.9. The molecule has 4 aromatic rings. The number of carbonyl (C=O) groups excluding carboxylic acids is 2. The van der Waals surface area contributed by atoms with Gasteiger partial charge in [-0.2, -0.15) is 13.2 Å². The maximum atomic E-state index is 12.6. The van der Waals surface area contributed by atoms with E-state index >= 15 is 0 Å². The summed E-state index contributed by atoms with van der Waals surface area (Å²) in [6, 6.07) is 25.8. The summed E-state index contributed by atoms with van der Waals surface area (Å²) in [5.74, 6) is -1.46. The summed E-state index contributed by atoms with van der Waals surface area (Å²) >= 11 is 0. The molecule has 81 heavy (non-hydrogen) atoms. The van der Waals surface area contributed by atoms with E-state index in [0.717, 1.165) is 81.0 Å². The SMILES string of the molecule is COC(=O)CCc1ccc(OC(CCC2=CCCCC2)C(=O)O)cc1.COC(=O)CCc1ccccc1OC(CCC1=CCCCC1)C(=O)O.O=C(O)C(CCC1=CCCCC1)Oc1ccc(OCc2ccc(C(F)(F)F)cc2)cc1. The third-order valence-corrected chi connectivity index (χ3v) is 14.1. The van der Waals surface area contributed by atoms with Crippen LogP contribution in [-0.2, 0) is 59.1 Å². The Bertz CT molecular complexity index is 2690. The number of hydrogen-bond donors (Lipinski definition) is 3. The monoisotopic (exact) mass is 1130 g/mol. The van der Waals surface area contributed by atoms with Gasteiger partial charge in [0.2, 0.25) is 0 Å². The molecular weight excluding hydrogens is 1050 g/mol. The standard InChI is InChI=1S/C24H25F3O4.2C20H26O5/c25-24(26,27)19-9-6-18(7-10-19)16-30-20-11-13-21(14-12-20)31-22(23(28)29)15-8-17-4-2-1-3-5-17;1-24-19(21)14-12-16-9-5-6-10-17(16)25-18(20(22)23)13-11-15-7-3-2-4-8-15;1-24-19(21)14-10-16-7-11-17(12-8-16)25-18(20(22)23)13-9-15-5-3-2-4-6-15/h4,6-7,9-14,22H,1-3,5,8,15-16H2,(H,28,29);5-7,9-10,18H,2-4,8,11-14H2,1H3,(H,22,23);5,7-8,11-12,18H,2-4,6,9-10,13-14H2,1H3,(H,22,23). The van der Waals surface area contributed by atoms with E-state index in [-0.39, 0.29) is 25.0 Å². The maximum absolute atomic E-state index is 12.6. The van der Waals surface area contributed by atoms with E-state index in [1.54, 1.807) is 48.5 Å². The van der Waals surface area contributed by atoms with Crippen molar-refractivity contribution in [1.29, 1.82) is 0 Å². The van der Waals surface area contributed by atoms with Crippen LogP contribution in [0.2, 0.25) is 0 Å². The summed E-state index contributed by atoms with van der Waals surface area (Å²) in [6.45, 7) is 0.116. The number of methoxy groups -OCH3 is 2. The Morgan fingerprint density at radius 1 is 0.481 bits per heavy atom. The fourth-order valence-corrected chi connectivity index (χ4v) is 9.34. The minimum absolute atomic E-state index is 0.116. The molecule has 14 nitrogen and oxygen atoms in total. The van der Waals surface area contributed by atoms with E-state index < -0.39 is 48.0 Å². The van der Waals surface area contributed by atoms with Crippen molar-refractivity contribution >= 4 is 29.8 Å². The predicted molar refractivity (Wildman–Crippen MR) is 299 cm³/mol. The molecule has 3 aliphatic rings. The van der Waals surface area contributed by atoms with Crippen LogP contribution >= 0.6 is 0 Å². The molecule has 0 amide bonds. The van der Waals surface area contributed by atoms with Gasteiger partial charge in [0.15, 0.2) is 18.3 Å². The lowest BCUT2D eigenvalue weighted by molar-refractivity contribution is -0.146. The number of hydrogen-bond acceptors (Lipinski definition) is 11. The number of carboxylic acids is 3. The number of rotatable bonds is 27. The number of alkyl halides is 3. The number of carboxylic acid groups (broad SMARTS) is 3. The molecule has 7 rings (SSSR count). The van der Waals surface area contributed by atoms with Crippen molar-refractivity contribution in [2.24, 2.45) is 0 Å². The van der Waals surface area contributed by atoms with Gasteiger partial charge in [0.05, 0.1) is 19.8 Å². The summed E-state index contributed by atoms with van der Waals surface area (Å²) < 4.78 is 69.8. The Kier molecular flexibility index (Phi) is 27.4. The van der Waals surface area contributed by atoms with E-state index in [2.05, 4.69) is 27.7 Å². The zero-order valence-electron chi connectivity index (χ0n) is 46.4. The molecule has 3 atom stereocenters. The van der Waals surface area contributed by atoms with Gasteiger partial charge in [-0.1, -0.05) is 77.4 Å². The lowest BCUT2D eigenvalue weighted by Gasteiger charge is -2.19. The van der Waals surface area contributed by atoms with E-state index in [1.807, 2.05) is 24.3 Å². The number of ether oxygens (including phenoxy) is 6. The molecule has 0 aromatic heterocycles. The average Bonchev–Trinajstić information content (AvgIpc) is 3.48. The zero-order valence-corrected chi connectivity index (χ0v) is 46.4. The topological polar surface area (TPSA) is 201 Å². The van der Waals surface area contributed by atoms with Crippen LogP contribution in [0.3, 0.4) is 0 Å². The van der Waals surface area contributed by atoms with Crippen LogP contribution in [0.4, 0.5) is 13.2 Å². The van der Waals surface area contributed by atoms with Crippen molar-refractivity contribution < 1.29 is 80.9 Å². The second kappa shape index (κ2) is 34.6. The average molecular weight is 1130 g/mol. The van der Waals surface area contributed by atoms with Crippen LogP contribution in [-0.4, -0.2) is 77.7 Å². The number of carbonyl (C=O) groups is 5. The lowest BCUT2D eigenvalue weighted by Crippen LogP contribution is -2.27. The van der Waals surface area contributed by atoms with Crippen LogP contribution in [0.5, 0.6) is 23.0 Å². The Labute approximate surface area is 472 Å². The number of aryl methyl sites for hydroxylation is 2. The molecular formula is C64H77F3O14. The first-order chi connectivity index (χ1) is 39.0. The van der Waals surface area contributed by atoms with Crippen molar-refractivity contribution in [3.05, 3.63) is 154 Å². The second-order valence-electron chi connectivity index (χ2n) is 20.1. The van der Waals surface area contributed by atoms with Crippen molar-refractivity contribution in [1.82, 2.24) is 0 Å². The summed E-state index contributed by atoms with van der Waals surface area (Å²) in [7, 11) is 2.72. The van der Waals surface area contributed by atoms with Crippen molar-refractivity contribution in [2.45, 2.75) is 172 Å². The van der Waals surface area contributed by atoms with Gasteiger partial charge < -0.3 is 43.7 Å². The quantitative estimate of drug-likeness (QED) is 0.0376. The number of esters is 2. The second-order valence-corrected chi connectivity index (χ2v) is 20.1. The van der Waals surface area contributed by atoms with Gasteiger partial charge in [0.1, 0.15) is 29.6 Å². The molecule has 0 fully saturated rings. The zero-order chi connectivity index (χ0) is 58.4. The molecule has 0 radical (unpaired) electrons. The maximum Gasteiger partial charge on any atom is 0.416 e. The van der Waals surface area contributed by atoms with Crippen LogP contribution in [0.15, 0.2) is 132 Å². The largest absolute Gasteiger partial charge is 0.489 e. The Hall–Kier alpha value is -7.56. The normalized spacial score (nSPS) is 15.1. The molecule has 17 heteroatoms. The fourth-order valence-electron chi connectivity index (χ4n) is 9.34. The van der Waals surface area contributed by atoms with Crippen molar-refractivity contribution in [3.63, 3.8) is 0 Å². The third kappa shape index (κ3) is 24.4. The first kappa shape index (κ1) is 64.3. The summed E-state index contributed by atoms with van der Waals surface area (Å²) in [6.07, 6.45) is 18.4.